The molecule has 0 saturated carbocycles. The molecule has 1 atom stereocenters. The minimum Gasteiger partial charge on any atom is -0.465 e. The molecule has 0 aliphatic carbocycles. The van der Waals surface area contributed by atoms with Crippen LogP contribution in [0.4, 0.5) is 4.79 Å². The van der Waals surface area contributed by atoms with E-state index in [0.29, 0.717) is 12.6 Å². The van der Waals surface area contributed by atoms with E-state index in [1.54, 1.807) is 0 Å². The molecule has 0 bridgehead atoms. The van der Waals surface area contributed by atoms with Gasteiger partial charge in [-0.05, 0) is 19.4 Å². The second-order valence-electron chi connectivity index (χ2n) is 3.56. The highest BCUT2D eigenvalue weighted by Crippen LogP contribution is 2.21. The number of amides is 1. The average Bonchev–Trinajstić information content (AvgIpc) is 2.49. The Bertz CT molecular complexity index is 195. The minimum absolute atomic E-state index is 0.509. The minimum atomic E-state index is -0.762. The summed E-state index contributed by atoms with van der Waals surface area (Å²) < 4.78 is 0. The number of rotatable bonds is 0. The number of hydrogen-bond acceptors (Lipinski definition) is 2. The predicted molar refractivity (Wildman–Crippen MR) is 44.2 cm³/mol. The first-order chi connectivity index (χ1) is 5.77. The van der Waals surface area contributed by atoms with Gasteiger partial charge in [-0.2, -0.15) is 0 Å². The van der Waals surface area contributed by atoms with E-state index in [0.717, 1.165) is 19.6 Å². The van der Waals surface area contributed by atoms with E-state index in [1.807, 2.05) is 0 Å². The third-order valence-corrected chi connectivity index (χ3v) is 2.86. The smallest absolute Gasteiger partial charge is 0.407 e. The molecule has 2 saturated heterocycles. The molecule has 4 heteroatoms. The van der Waals surface area contributed by atoms with Gasteiger partial charge in [-0.25, -0.2) is 4.79 Å². The molecule has 0 aromatic rings. The molecular formula is C8H14N2O2. The molecule has 0 radical (unpaired) electrons. The van der Waals surface area contributed by atoms with Gasteiger partial charge in [0.15, 0.2) is 0 Å². The molecule has 1 N–H and O–H groups in total. The van der Waals surface area contributed by atoms with E-state index in [-0.39, 0.29) is 0 Å². The van der Waals surface area contributed by atoms with E-state index in [9.17, 15) is 4.79 Å². The molecule has 2 rings (SSSR count). The SMILES string of the molecule is O=C(O)N1CCN2CCCC2C1. The first-order valence-electron chi connectivity index (χ1n) is 4.49. The lowest BCUT2D eigenvalue weighted by molar-refractivity contribution is 0.0890. The summed E-state index contributed by atoms with van der Waals surface area (Å²) in [5, 5.41) is 8.77. The number of piperazine rings is 1. The van der Waals surface area contributed by atoms with Crippen molar-refractivity contribution in [3.8, 4) is 0 Å². The lowest BCUT2D eigenvalue weighted by Gasteiger charge is -2.35. The van der Waals surface area contributed by atoms with Crippen molar-refractivity contribution in [3.63, 3.8) is 0 Å². The predicted octanol–water partition coefficient (Wildman–Crippen LogP) is 0.444. The van der Waals surface area contributed by atoms with Crippen molar-refractivity contribution in [1.82, 2.24) is 9.80 Å². The molecule has 1 amide bonds. The van der Waals surface area contributed by atoms with Crippen molar-refractivity contribution in [2.45, 2.75) is 18.9 Å². The summed E-state index contributed by atoms with van der Waals surface area (Å²) in [6.07, 6.45) is 1.64. The molecule has 2 fully saturated rings. The van der Waals surface area contributed by atoms with Crippen molar-refractivity contribution >= 4 is 6.09 Å². The van der Waals surface area contributed by atoms with Crippen molar-refractivity contribution in [3.05, 3.63) is 0 Å². The van der Waals surface area contributed by atoms with Crippen LogP contribution in [0.25, 0.3) is 0 Å². The fraction of sp³-hybridized carbons (Fsp3) is 0.875. The van der Waals surface area contributed by atoms with E-state index >= 15 is 0 Å². The van der Waals surface area contributed by atoms with Crippen LogP contribution in [0.1, 0.15) is 12.8 Å². The van der Waals surface area contributed by atoms with Gasteiger partial charge in [-0.3, -0.25) is 4.90 Å². The Hall–Kier alpha value is -0.770. The zero-order chi connectivity index (χ0) is 8.55. The van der Waals surface area contributed by atoms with Gasteiger partial charge < -0.3 is 10.0 Å². The zero-order valence-corrected chi connectivity index (χ0v) is 7.07. The van der Waals surface area contributed by atoms with Crippen LogP contribution in [0, 0.1) is 0 Å². The molecular weight excluding hydrogens is 156 g/mol. The maximum atomic E-state index is 10.7. The largest absolute Gasteiger partial charge is 0.465 e. The maximum absolute atomic E-state index is 10.7. The zero-order valence-electron chi connectivity index (χ0n) is 7.07. The van der Waals surface area contributed by atoms with Crippen LogP contribution in [0.5, 0.6) is 0 Å². The van der Waals surface area contributed by atoms with Crippen LogP contribution in [0.15, 0.2) is 0 Å². The van der Waals surface area contributed by atoms with Gasteiger partial charge in [0.25, 0.3) is 0 Å². The highest BCUT2D eigenvalue weighted by molar-refractivity contribution is 5.65. The van der Waals surface area contributed by atoms with E-state index < -0.39 is 6.09 Å². The average molecular weight is 170 g/mol. The molecule has 12 heavy (non-hydrogen) atoms. The normalized spacial score (nSPS) is 30.3. The lowest BCUT2D eigenvalue weighted by Crippen LogP contribution is -2.51. The van der Waals surface area contributed by atoms with Crippen molar-refractivity contribution in [2.24, 2.45) is 0 Å². The van der Waals surface area contributed by atoms with Gasteiger partial charge in [-0.1, -0.05) is 0 Å². The van der Waals surface area contributed by atoms with Gasteiger partial charge in [0.05, 0.1) is 0 Å². The van der Waals surface area contributed by atoms with Crippen LogP contribution in [0.3, 0.4) is 0 Å². The fourth-order valence-electron chi connectivity index (χ4n) is 2.16. The lowest BCUT2D eigenvalue weighted by atomic mass is 10.2. The highest BCUT2D eigenvalue weighted by Gasteiger charge is 2.32. The molecule has 2 aliphatic rings. The van der Waals surface area contributed by atoms with Crippen LogP contribution in [0.2, 0.25) is 0 Å². The van der Waals surface area contributed by atoms with Crippen molar-refractivity contribution in [2.75, 3.05) is 26.2 Å². The number of hydrogen-bond donors (Lipinski definition) is 1. The number of carbonyl (C=O) groups is 1. The Morgan fingerprint density at radius 2 is 2.17 bits per heavy atom. The summed E-state index contributed by atoms with van der Waals surface area (Å²) >= 11 is 0. The van der Waals surface area contributed by atoms with E-state index in [1.165, 1.54) is 17.7 Å². The standard InChI is InChI=1S/C8H14N2O2/c11-8(12)10-5-4-9-3-1-2-7(9)6-10/h7H,1-6H2,(H,11,12). The van der Waals surface area contributed by atoms with Crippen LogP contribution < -0.4 is 0 Å². The van der Waals surface area contributed by atoms with Gasteiger partial charge in [0.1, 0.15) is 0 Å². The van der Waals surface area contributed by atoms with E-state index in [4.69, 9.17) is 5.11 Å². The van der Waals surface area contributed by atoms with E-state index in [2.05, 4.69) is 4.90 Å². The van der Waals surface area contributed by atoms with Crippen LogP contribution in [-0.2, 0) is 0 Å². The van der Waals surface area contributed by atoms with Crippen LogP contribution >= 0.6 is 0 Å². The Labute approximate surface area is 71.8 Å². The molecule has 0 spiro atoms. The van der Waals surface area contributed by atoms with Crippen LogP contribution in [-0.4, -0.2) is 53.2 Å². The van der Waals surface area contributed by atoms with Gasteiger partial charge in [-0.15, -0.1) is 0 Å². The Morgan fingerprint density at radius 1 is 1.33 bits per heavy atom. The molecule has 68 valence electrons. The summed E-state index contributed by atoms with van der Waals surface area (Å²) in [5.74, 6) is 0. The fourth-order valence-corrected chi connectivity index (χ4v) is 2.16. The van der Waals surface area contributed by atoms with Crippen molar-refractivity contribution < 1.29 is 9.90 Å². The van der Waals surface area contributed by atoms with Gasteiger partial charge >= 0.3 is 6.09 Å². The van der Waals surface area contributed by atoms with Gasteiger partial charge in [0, 0.05) is 25.7 Å². The molecule has 1 unspecified atom stereocenters. The number of carboxylic acid groups (broad SMARTS) is 1. The third kappa shape index (κ3) is 1.27. The molecule has 2 heterocycles. The second kappa shape index (κ2) is 2.94. The molecule has 0 aromatic carbocycles. The Morgan fingerprint density at radius 3 is 2.92 bits per heavy atom. The summed E-state index contributed by atoms with van der Waals surface area (Å²) in [6, 6.07) is 0.509. The summed E-state index contributed by atoms with van der Waals surface area (Å²) in [4.78, 5) is 14.6. The summed E-state index contributed by atoms with van der Waals surface area (Å²) in [5.41, 5.74) is 0. The molecule has 4 nitrogen and oxygen atoms in total. The quantitative estimate of drug-likeness (QED) is 0.574. The van der Waals surface area contributed by atoms with Crippen molar-refractivity contribution in [1.29, 1.82) is 0 Å². The maximum Gasteiger partial charge on any atom is 0.407 e. The second-order valence-corrected chi connectivity index (χ2v) is 3.56. The highest BCUT2D eigenvalue weighted by atomic mass is 16.4. The molecule has 2 aliphatic heterocycles. The monoisotopic (exact) mass is 170 g/mol. The third-order valence-electron chi connectivity index (χ3n) is 2.86. The first kappa shape index (κ1) is 7.86. The summed E-state index contributed by atoms with van der Waals surface area (Å²) in [7, 11) is 0. The van der Waals surface area contributed by atoms with Gasteiger partial charge in [0.2, 0.25) is 0 Å². The Kier molecular flexibility index (Phi) is 1.92. The Balaban J connectivity index is 1.96. The molecule has 0 aromatic heterocycles. The topological polar surface area (TPSA) is 43.8 Å². The first-order valence-corrected chi connectivity index (χ1v) is 4.49. The number of nitrogens with zero attached hydrogens (tertiary/aromatic N) is 2. The summed E-state index contributed by atoms with van der Waals surface area (Å²) in [6.45, 7) is 3.50. The number of fused-ring (bicyclic) bond motifs is 1.